The quantitative estimate of drug-likeness (QED) is 0.740. The van der Waals surface area contributed by atoms with Gasteiger partial charge in [0, 0.05) is 18.3 Å². The summed E-state index contributed by atoms with van der Waals surface area (Å²) in [4.78, 5) is 12.5. The second-order valence-electron chi connectivity index (χ2n) is 7.78. The Morgan fingerprint density at radius 2 is 1.79 bits per heavy atom. The minimum absolute atomic E-state index is 0.0453. The van der Waals surface area contributed by atoms with E-state index in [1.807, 2.05) is 42.5 Å². The summed E-state index contributed by atoms with van der Waals surface area (Å²) in [6.45, 7) is 1.26. The summed E-state index contributed by atoms with van der Waals surface area (Å²) in [5.41, 5.74) is 3.05. The third-order valence-corrected chi connectivity index (χ3v) is 5.51. The molecule has 0 bridgehead atoms. The SMILES string of the molecule is O=C(C[C@@H]1CC[C@@H]2NC[C@@H](O)COC[C@H]2O1)Nc1ccc(-c2ccccc2)cc1. The van der Waals surface area contributed by atoms with E-state index in [2.05, 4.69) is 22.8 Å². The summed E-state index contributed by atoms with van der Waals surface area (Å²) in [6, 6.07) is 18.2. The Kier molecular flexibility index (Phi) is 6.56. The zero-order chi connectivity index (χ0) is 20.1. The third kappa shape index (κ3) is 5.42. The first-order valence-corrected chi connectivity index (χ1v) is 10.3. The van der Waals surface area contributed by atoms with E-state index in [9.17, 15) is 9.90 Å². The molecule has 0 saturated carbocycles. The maximum Gasteiger partial charge on any atom is 0.226 e. The van der Waals surface area contributed by atoms with Crippen LogP contribution in [0.15, 0.2) is 54.6 Å². The van der Waals surface area contributed by atoms with E-state index in [1.54, 1.807) is 0 Å². The Labute approximate surface area is 171 Å². The first-order valence-electron chi connectivity index (χ1n) is 10.3. The van der Waals surface area contributed by atoms with Crippen LogP contribution in [0.25, 0.3) is 11.1 Å². The number of nitrogens with one attached hydrogen (secondary N) is 2. The number of aliphatic hydroxyl groups is 1. The van der Waals surface area contributed by atoms with Crippen LogP contribution in [-0.2, 0) is 14.3 Å². The molecule has 0 spiro atoms. The van der Waals surface area contributed by atoms with Crippen LogP contribution in [0.4, 0.5) is 5.69 Å². The number of fused-ring (bicyclic) bond motifs is 1. The standard InChI is InChI=1S/C23H28N2O4/c26-19-13-24-21-11-10-20(29-22(21)15-28-14-19)12-23(27)25-18-8-6-17(7-9-18)16-4-2-1-3-5-16/h1-9,19-22,24,26H,10-15H2,(H,25,27)/t19-,20+,21+,22-/m1/s1. The summed E-state index contributed by atoms with van der Waals surface area (Å²) in [5, 5.41) is 16.0. The largest absolute Gasteiger partial charge is 0.389 e. The smallest absolute Gasteiger partial charge is 0.226 e. The molecule has 0 radical (unpaired) electrons. The molecule has 2 aliphatic heterocycles. The van der Waals surface area contributed by atoms with Gasteiger partial charge in [0.25, 0.3) is 0 Å². The number of carbonyl (C=O) groups is 1. The highest BCUT2D eigenvalue weighted by molar-refractivity contribution is 5.91. The van der Waals surface area contributed by atoms with Gasteiger partial charge in [-0.15, -0.1) is 0 Å². The Bertz CT molecular complexity index is 796. The first-order chi connectivity index (χ1) is 14.2. The lowest BCUT2D eigenvalue weighted by molar-refractivity contribution is -0.134. The van der Waals surface area contributed by atoms with E-state index in [0.717, 1.165) is 29.7 Å². The van der Waals surface area contributed by atoms with Crippen LogP contribution >= 0.6 is 0 Å². The molecule has 4 atom stereocenters. The van der Waals surface area contributed by atoms with Gasteiger partial charge in [0.1, 0.15) is 0 Å². The summed E-state index contributed by atoms with van der Waals surface area (Å²) in [7, 11) is 0. The van der Waals surface area contributed by atoms with Gasteiger partial charge in [-0.2, -0.15) is 0 Å². The average Bonchev–Trinajstić information content (AvgIpc) is 2.73. The van der Waals surface area contributed by atoms with Gasteiger partial charge >= 0.3 is 0 Å². The molecule has 154 valence electrons. The van der Waals surface area contributed by atoms with Crippen molar-refractivity contribution in [2.45, 2.75) is 43.6 Å². The van der Waals surface area contributed by atoms with E-state index in [4.69, 9.17) is 9.47 Å². The number of ether oxygens (including phenoxy) is 2. The van der Waals surface area contributed by atoms with Crippen LogP contribution in [-0.4, -0.2) is 55.1 Å². The molecule has 29 heavy (non-hydrogen) atoms. The lowest BCUT2D eigenvalue weighted by Crippen LogP contribution is -2.53. The third-order valence-electron chi connectivity index (χ3n) is 5.51. The van der Waals surface area contributed by atoms with Crippen LogP contribution in [0.5, 0.6) is 0 Å². The molecule has 6 nitrogen and oxygen atoms in total. The normalized spacial score (nSPS) is 27.3. The summed E-state index contributed by atoms with van der Waals surface area (Å²) < 4.78 is 11.7. The molecule has 0 unspecified atom stereocenters. The molecule has 4 rings (SSSR count). The number of aliphatic hydroxyl groups excluding tert-OH is 1. The van der Waals surface area contributed by atoms with E-state index in [0.29, 0.717) is 26.2 Å². The molecule has 2 heterocycles. The highest BCUT2D eigenvalue weighted by Gasteiger charge is 2.33. The second-order valence-corrected chi connectivity index (χ2v) is 7.78. The lowest BCUT2D eigenvalue weighted by Gasteiger charge is -2.38. The number of rotatable bonds is 4. The average molecular weight is 396 g/mol. The van der Waals surface area contributed by atoms with Gasteiger partial charge in [0.05, 0.1) is 37.9 Å². The summed E-state index contributed by atoms with van der Waals surface area (Å²) in [6.07, 6.45) is 1.36. The van der Waals surface area contributed by atoms with Crippen molar-refractivity contribution in [2.24, 2.45) is 0 Å². The first kappa shape index (κ1) is 20.0. The highest BCUT2D eigenvalue weighted by atomic mass is 16.5. The van der Waals surface area contributed by atoms with E-state index < -0.39 is 6.10 Å². The van der Waals surface area contributed by atoms with Crippen molar-refractivity contribution in [3.05, 3.63) is 54.6 Å². The molecule has 2 aromatic rings. The molecule has 3 N–H and O–H groups in total. The molecule has 2 aromatic carbocycles. The topological polar surface area (TPSA) is 79.8 Å². The lowest BCUT2D eigenvalue weighted by atomic mass is 9.96. The van der Waals surface area contributed by atoms with Gasteiger partial charge < -0.3 is 25.2 Å². The Morgan fingerprint density at radius 1 is 1.03 bits per heavy atom. The van der Waals surface area contributed by atoms with Crippen molar-refractivity contribution >= 4 is 11.6 Å². The van der Waals surface area contributed by atoms with Gasteiger partial charge in [-0.25, -0.2) is 0 Å². The predicted octanol–water partition coefficient (Wildman–Crippen LogP) is 2.58. The Hall–Kier alpha value is -2.25. The molecular formula is C23H28N2O4. The molecule has 2 aliphatic rings. The van der Waals surface area contributed by atoms with Crippen LogP contribution in [0.1, 0.15) is 19.3 Å². The maximum absolute atomic E-state index is 12.5. The number of hydrogen-bond acceptors (Lipinski definition) is 5. The van der Waals surface area contributed by atoms with E-state index in [-0.39, 0.29) is 24.2 Å². The number of β-amino-alcohol motifs (C(OH)–C–C–N with tert-alkyl or cyclic N) is 1. The summed E-state index contributed by atoms with van der Waals surface area (Å²) in [5.74, 6) is -0.0453. The van der Waals surface area contributed by atoms with Crippen molar-refractivity contribution in [1.82, 2.24) is 5.32 Å². The van der Waals surface area contributed by atoms with E-state index >= 15 is 0 Å². The zero-order valence-electron chi connectivity index (χ0n) is 16.4. The fraction of sp³-hybridized carbons (Fsp3) is 0.435. The van der Waals surface area contributed by atoms with E-state index in [1.165, 1.54) is 0 Å². The zero-order valence-corrected chi connectivity index (χ0v) is 16.4. The molecule has 2 fully saturated rings. The van der Waals surface area contributed by atoms with Crippen LogP contribution in [0.3, 0.4) is 0 Å². The van der Waals surface area contributed by atoms with Crippen molar-refractivity contribution in [2.75, 3.05) is 25.1 Å². The highest BCUT2D eigenvalue weighted by Crippen LogP contribution is 2.25. The summed E-state index contributed by atoms with van der Waals surface area (Å²) >= 11 is 0. The van der Waals surface area contributed by atoms with Gasteiger partial charge in [-0.05, 0) is 36.1 Å². The monoisotopic (exact) mass is 396 g/mol. The van der Waals surface area contributed by atoms with Gasteiger partial charge in [0.15, 0.2) is 0 Å². The molecule has 0 aliphatic carbocycles. The fourth-order valence-electron chi connectivity index (χ4n) is 3.96. The molecule has 6 heteroatoms. The van der Waals surface area contributed by atoms with Crippen LogP contribution in [0, 0.1) is 0 Å². The molecule has 1 amide bonds. The van der Waals surface area contributed by atoms with Crippen LogP contribution in [0.2, 0.25) is 0 Å². The second kappa shape index (κ2) is 9.50. The molecule has 2 saturated heterocycles. The van der Waals surface area contributed by atoms with Crippen LogP contribution < -0.4 is 10.6 Å². The molecule has 0 aromatic heterocycles. The number of benzene rings is 2. The van der Waals surface area contributed by atoms with Crippen molar-refractivity contribution in [3.63, 3.8) is 0 Å². The minimum atomic E-state index is -0.479. The number of hydrogen-bond donors (Lipinski definition) is 3. The Morgan fingerprint density at radius 3 is 2.59 bits per heavy atom. The maximum atomic E-state index is 12.5. The van der Waals surface area contributed by atoms with Gasteiger partial charge in [-0.3, -0.25) is 4.79 Å². The van der Waals surface area contributed by atoms with Gasteiger partial charge in [0.2, 0.25) is 5.91 Å². The fourth-order valence-corrected chi connectivity index (χ4v) is 3.96. The number of amides is 1. The Balaban J connectivity index is 1.28. The number of anilines is 1. The van der Waals surface area contributed by atoms with Crippen molar-refractivity contribution < 1.29 is 19.4 Å². The van der Waals surface area contributed by atoms with Crippen molar-refractivity contribution in [1.29, 1.82) is 0 Å². The number of carbonyl (C=O) groups excluding carboxylic acids is 1. The predicted molar refractivity (Wildman–Crippen MR) is 112 cm³/mol. The van der Waals surface area contributed by atoms with Crippen molar-refractivity contribution in [3.8, 4) is 11.1 Å². The minimum Gasteiger partial charge on any atom is -0.389 e. The van der Waals surface area contributed by atoms with Gasteiger partial charge in [-0.1, -0.05) is 42.5 Å². The molecular weight excluding hydrogens is 368 g/mol.